The second kappa shape index (κ2) is 5.00. The standard InChI is InChI=1S/C13H19N3S/c1-9-5-3-6-10(2)16(9)13-11(12(14)17)7-4-8-15-13/h4,7-10H,3,5-6H2,1-2H3,(H2,14,17). The number of piperidine rings is 1. The van der Waals surface area contributed by atoms with E-state index in [9.17, 15) is 0 Å². The van der Waals surface area contributed by atoms with Gasteiger partial charge in [-0.25, -0.2) is 4.98 Å². The van der Waals surface area contributed by atoms with Gasteiger partial charge in [0, 0.05) is 18.3 Å². The van der Waals surface area contributed by atoms with Crippen molar-refractivity contribution in [3.63, 3.8) is 0 Å². The van der Waals surface area contributed by atoms with Gasteiger partial charge in [0.25, 0.3) is 0 Å². The molecule has 3 nitrogen and oxygen atoms in total. The van der Waals surface area contributed by atoms with Crippen LogP contribution < -0.4 is 10.6 Å². The van der Waals surface area contributed by atoms with Crippen molar-refractivity contribution in [2.24, 2.45) is 5.73 Å². The molecule has 1 aromatic rings. The Morgan fingerprint density at radius 2 is 2.06 bits per heavy atom. The van der Waals surface area contributed by atoms with Crippen LogP contribution in [0.25, 0.3) is 0 Å². The Morgan fingerprint density at radius 1 is 1.41 bits per heavy atom. The highest BCUT2D eigenvalue weighted by atomic mass is 32.1. The Bertz CT molecular complexity index is 409. The second-order valence-corrected chi connectivity index (χ2v) is 5.21. The van der Waals surface area contributed by atoms with Gasteiger partial charge in [-0.1, -0.05) is 12.2 Å². The van der Waals surface area contributed by atoms with Crippen LogP contribution in [0.5, 0.6) is 0 Å². The fourth-order valence-electron chi connectivity index (χ4n) is 2.63. The molecule has 0 aromatic carbocycles. The monoisotopic (exact) mass is 249 g/mol. The summed E-state index contributed by atoms with van der Waals surface area (Å²) in [6.07, 6.45) is 5.51. The minimum Gasteiger partial charge on any atom is -0.389 e. The Morgan fingerprint density at radius 3 is 2.65 bits per heavy atom. The van der Waals surface area contributed by atoms with Crippen molar-refractivity contribution in [2.45, 2.75) is 45.2 Å². The zero-order valence-electron chi connectivity index (χ0n) is 10.4. The third kappa shape index (κ3) is 2.41. The Labute approximate surface area is 108 Å². The number of pyridine rings is 1. The average molecular weight is 249 g/mol. The number of nitrogens with two attached hydrogens (primary N) is 1. The molecule has 1 aliphatic rings. The first-order valence-electron chi connectivity index (χ1n) is 6.14. The minimum absolute atomic E-state index is 0.429. The third-order valence-electron chi connectivity index (χ3n) is 3.49. The molecule has 0 radical (unpaired) electrons. The smallest absolute Gasteiger partial charge is 0.139 e. The topological polar surface area (TPSA) is 42.2 Å². The van der Waals surface area contributed by atoms with Gasteiger partial charge in [0.1, 0.15) is 10.8 Å². The van der Waals surface area contributed by atoms with Crippen LogP contribution in [-0.2, 0) is 0 Å². The molecular formula is C13H19N3S. The Kier molecular flexibility index (Phi) is 3.62. The summed E-state index contributed by atoms with van der Waals surface area (Å²) in [6.45, 7) is 4.49. The van der Waals surface area contributed by atoms with Crippen LogP contribution >= 0.6 is 12.2 Å². The van der Waals surface area contributed by atoms with Crippen molar-refractivity contribution in [3.05, 3.63) is 23.9 Å². The number of hydrogen-bond donors (Lipinski definition) is 1. The molecule has 0 amide bonds. The van der Waals surface area contributed by atoms with Crippen LogP contribution in [0.2, 0.25) is 0 Å². The maximum absolute atomic E-state index is 5.78. The van der Waals surface area contributed by atoms with Crippen molar-refractivity contribution < 1.29 is 0 Å². The maximum atomic E-state index is 5.78. The number of aromatic nitrogens is 1. The van der Waals surface area contributed by atoms with Gasteiger partial charge < -0.3 is 10.6 Å². The number of thiocarbonyl (C=S) groups is 1. The molecule has 0 spiro atoms. The molecule has 1 fully saturated rings. The molecular weight excluding hydrogens is 230 g/mol. The molecule has 2 unspecified atom stereocenters. The van der Waals surface area contributed by atoms with Crippen LogP contribution in [0, 0.1) is 0 Å². The van der Waals surface area contributed by atoms with Gasteiger partial charge >= 0.3 is 0 Å². The van der Waals surface area contributed by atoms with E-state index in [1.165, 1.54) is 19.3 Å². The highest BCUT2D eigenvalue weighted by molar-refractivity contribution is 7.80. The SMILES string of the molecule is CC1CCCC(C)N1c1ncccc1C(N)=S. The largest absolute Gasteiger partial charge is 0.389 e. The molecule has 2 heterocycles. The van der Waals surface area contributed by atoms with E-state index in [4.69, 9.17) is 18.0 Å². The van der Waals surface area contributed by atoms with E-state index in [1.807, 2.05) is 18.3 Å². The van der Waals surface area contributed by atoms with Crippen molar-refractivity contribution in [1.82, 2.24) is 4.98 Å². The normalized spacial score (nSPS) is 24.7. The van der Waals surface area contributed by atoms with Gasteiger partial charge in [0.05, 0.1) is 5.56 Å². The summed E-state index contributed by atoms with van der Waals surface area (Å²) in [5, 5.41) is 0. The molecule has 92 valence electrons. The molecule has 2 N–H and O–H groups in total. The third-order valence-corrected chi connectivity index (χ3v) is 3.71. The van der Waals surface area contributed by atoms with Gasteiger partial charge in [-0.15, -0.1) is 0 Å². The summed E-state index contributed by atoms with van der Waals surface area (Å²) in [5.41, 5.74) is 6.67. The number of anilines is 1. The van der Waals surface area contributed by atoms with E-state index < -0.39 is 0 Å². The summed E-state index contributed by atoms with van der Waals surface area (Å²) in [5.74, 6) is 0.944. The van der Waals surface area contributed by atoms with Gasteiger partial charge in [-0.05, 0) is 45.2 Å². The van der Waals surface area contributed by atoms with E-state index in [-0.39, 0.29) is 0 Å². The fraction of sp³-hybridized carbons (Fsp3) is 0.538. The predicted molar refractivity (Wildman–Crippen MR) is 75.4 cm³/mol. The molecule has 0 aliphatic carbocycles. The van der Waals surface area contributed by atoms with Gasteiger partial charge in [-0.2, -0.15) is 0 Å². The quantitative estimate of drug-likeness (QED) is 0.818. The first-order chi connectivity index (χ1) is 8.11. The Hall–Kier alpha value is -1.16. The van der Waals surface area contributed by atoms with Crippen molar-refractivity contribution >= 4 is 23.0 Å². The molecule has 0 saturated carbocycles. The van der Waals surface area contributed by atoms with Crippen LogP contribution in [0.4, 0.5) is 5.82 Å². The molecule has 2 atom stereocenters. The summed E-state index contributed by atoms with van der Waals surface area (Å²) in [4.78, 5) is 7.27. The lowest BCUT2D eigenvalue weighted by atomic mass is 9.97. The van der Waals surface area contributed by atoms with Crippen LogP contribution in [0.1, 0.15) is 38.7 Å². The highest BCUT2D eigenvalue weighted by Gasteiger charge is 2.27. The van der Waals surface area contributed by atoms with Crippen molar-refractivity contribution in [2.75, 3.05) is 4.90 Å². The fourth-order valence-corrected chi connectivity index (χ4v) is 2.79. The Balaban J connectivity index is 2.41. The van der Waals surface area contributed by atoms with E-state index in [1.54, 1.807) is 0 Å². The summed E-state index contributed by atoms with van der Waals surface area (Å²) >= 11 is 5.11. The second-order valence-electron chi connectivity index (χ2n) is 4.78. The lowest BCUT2D eigenvalue weighted by Gasteiger charge is -2.40. The first-order valence-corrected chi connectivity index (χ1v) is 6.55. The summed E-state index contributed by atoms with van der Waals surface area (Å²) in [7, 11) is 0. The molecule has 4 heteroatoms. The van der Waals surface area contributed by atoms with E-state index in [2.05, 4.69) is 23.7 Å². The summed E-state index contributed by atoms with van der Waals surface area (Å²) < 4.78 is 0. The molecule has 2 rings (SSSR count). The number of nitrogens with zero attached hydrogens (tertiary/aromatic N) is 2. The minimum atomic E-state index is 0.429. The van der Waals surface area contributed by atoms with E-state index in [0.29, 0.717) is 17.1 Å². The predicted octanol–water partition coefficient (Wildman–Crippen LogP) is 2.48. The summed E-state index contributed by atoms with van der Waals surface area (Å²) in [6, 6.07) is 4.85. The molecule has 1 aromatic heterocycles. The van der Waals surface area contributed by atoms with Crippen LogP contribution in [0.3, 0.4) is 0 Å². The van der Waals surface area contributed by atoms with E-state index in [0.717, 1.165) is 11.4 Å². The molecule has 0 bridgehead atoms. The molecule has 1 aliphatic heterocycles. The zero-order chi connectivity index (χ0) is 12.4. The number of hydrogen-bond acceptors (Lipinski definition) is 3. The zero-order valence-corrected chi connectivity index (χ0v) is 11.2. The van der Waals surface area contributed by atoms with Gasteiger partial charge in [0.15, 0.2) is 0 Å². The molecule has 17 heavy (non-hydrogen) atoms. The maximum Gasteiger partial charge on any atom is 0.139 e. The molecule has 1 saturated heterocycles. The lowest BCUT2D eigenvalue weighted by Crippen LogP contribution is -2.45. The number of rotatable bonds is 2. The van der Waals surface area contributed by atoms with Crippen molar-refractivity contribution in [1.29, 1.82) is 0 Å². The van der Waals surface area contributed by atoms with Crippen LogP contribution in [0.15, 0.2) is 18.3 Å². The highest BCUT2D eigenvalue weighted by Crippen LogP contribution is 2.29. The van der Waals surface area contributed by atoms with Gasteiger partial charge in [-0.3, -0.25) is 0 Å². The lowest BCUT2D eigenvalue weighted by molar-refractivity contribution is 0.411. The average Bonchev–Trinajstić information content (AvgIpc) is 2.29. The van der Waals surface area contributed by atoms with E-state index >= 15 is 0 Å². The van der Waals surface area contributed by atoms with Crippen LogP contribution in [-0.4, -0.2) is 22.1 Å². The van der Waals surface area contributed by atoms with Gasteiger partial charge in [0.2, 0.25) is 0 Å². The first kappa shape index (κ1) is 12.3. The van der Waals surface area contributed by atoms with Crippen molar-refractivity contribution in [3.8, 4) is 0 Å².